The first-order chi connectivity index (χ1) is 11.6. The van der Waals surface area contributed by atoms with Gasteiger partial charge >= 0.3 is 0 Å². The molecule has 5 heteroatoms. The van der Waals surface area contributed by atoms with Crippen LogP contribution >= 0.6 is 0 Å². The van der Waals surface area contributed by atoms with Crippen LogP contribution in [0.2, 0.25) is 0 Å². The monoisotopic (exact) mass is 332 g/mol. The van der Waals surface area contributed by atoms with Crippen LogP contribution in [0.1, 0.15) is 50.3 Å². The zero-order chi connectivity index (χ0) is 17.0. The van der Waals surface area contributed by atoms with Gasteiger partial charge in [0.25, 0.3) is 0 Å². The maximum absolute atomic E-state index is 13.0. The van der Waals surface area contributed by atoms with Gasteiger partial charge in [-0.25, -0.2) is 4.98 Å². The number of hydrogen-bond acceptors (Lipinski definition) is 4. The third kappa shape index (κ3) is 3.72. The summed E-state index contributed by atoms with van der Waals surface area (Å²) in [4.78, 5) is 19.6. The number of hydrogen-bond donors (Lipinski definition) is 0. The number of nitrogens with zero attached hydrogens (tertiary/aromatic N) is 2. The molecule has 1 saturated carbocycles. The molecule has 3 rings (SSSR count). The van der Waals surface area contributed by atoms with Crippen LogP contribution in [-0.4, -0.2) is 42.7 Å². The summed E-state index contributed by atoms with van der Waals surface area (Å²) in [6.45, 7) is 4.64. The lowest BCUT2D eigenvalue weighted by molar-refractivity contribution is -0.144. The molecule has 0 unspecified atom stereocenters. The smallest absolute Gasteiger partial charge is 0.228 e. The topological polar surface area (TPSA) is 51.7 Å². The molecule has 132 valence electrons. The fraction of sp³-hybridized carbons (Fsp3) is 0.684. The van der Waals surface area contributed by atoms with Crippen molar-refractivity contribution in [2.75, 3.05) is 26.9 Å². The molecule has 0 N–H and O–H groups in total. The van der Waals surface area contributed by atoms with Gasteiger partial charge in [-0.2, -0.15) is 0 Å². The number of rotatable bonds is 5. The van der Waals surface area contributed by atoms with Gasteiger partial charge in [0.2, 0.25) is 11.8 Å². The average Bonchev–Trinajstić information content (AvgIpc) is 2.61. The van der Waals surface area contributed by atoms with Crippen molar-refractivity contribution in [2.45, 2.75) is 52.0 Å². The lowest BCUT2D eigenvalue weighted by Gasteiger charge is -2.39. The molecule has 1 amide bonds. The van der Waals surface area contributed by atoms with Crippen molar-refractivity contribution in [2.24, 2.45) is 5.41 Å². The van der Waals surface area contributed by atoms with Gasteiger partial charge in [0.1, 0.15) is 6.61 Å². The third-order valence-electron chi connectivity index (χ3n) is 5.32. The van der Waals surface area contributed by atoms with E-state index in [9.17, 15) is 4.79 Å². The van der Waals surface area contributed by atoms with Crippen LogP contribution in [0, 0.1) is 5.41 Å². The van der Waals surface area contributed by atoms with Crippen LogP contribution in [0.15, 0.2) is 12.1 Å². The molecule has 1 aromatic heterocycles. The highest BCUT2D eigenvalue weighted by Gasteiger charge is 2.38. The number of carbonyl (C=O) groups excluding carboxylic acids is 1. The lowest BCUT2D eigenvalue weighted by atomic mass is 9.74. The number of ether oxygens (including phenoxy) is 2. The molecule has 2 heterocycles. The minimum atomic E-state index is -0.160. The van der Waals surface area contributed by atoms with Crippen LogP contribution in [0.5, 0.6) is 5.88 Å². The quantitative estimate of drug-likeness (QED) is 0.778. The van der Waals surface area contributed by atoms with Crippen molar-refractivity contribution in [3.63, 3.8) is 0 Å². The highest BCUT2D eigenvalue weighted by molar-refractivity contribution is 5.82. The Morgan fingerprint density at radius 3 is 2.79 bits per heavy atom. The van der Waals surface area contributed by atoms with Gasteiger partial charge in [-0.3, -0.25) is 4.79 Å². The van der Waals surface area contributed by atoms with Crippen molar-refractivity contribution < 1.29 is 14.3 Å². The predicted molar refractivity (Wildman–Crippen MR) is 91.9 cm³/mol. The van der Waals surface area contributed by atoms with Crippen LogP contribution in [-0.2, 0) is 22.5 Å². The fourth-order valence-electron chi connectivity index (χ4n) is 3.81. The Morgan fingerprint density at radius 1 is 1.25 bits per heavy atom. The van der Waals surface area contributed by atoms with Gasteiger partial charge < -0.3 is 14.4 Å². The number of carbonyl (C=O) groups is 1. The highest BCUT2D eigenvalue weighted by atomic mass is 16.5. The molecule has 1 aliphatic carbocycles. The summed E-state index contributed by atoms with van der Waals surface area (Å²) < 4.78 is 10.6. The normalized spacial score (nSPS) is 19.7. The zero-order valence-corrected chi connectivity index (χ0v) is 14.8. The summed E-state index contributed by atoms with van der Waals surface area (Å²) in [5, 5.41) is 0. The van der Waals surface area contributed by atoms with Gasteiger partial charge in [-0.1, -0.05) is 32.3 Å². The molecule has 1 fully saturated rings. The summed E-state index contributed by atoms with van der Waals surface area (Å²) in [5.41, 5.74) is 2.04. The summed E-state index contributed by atoms with van der Waals surface area (Å²) >= 11 is 0. The molecular weight excluding hydrogens is 304 g/mol. The van der Waals surface area contributed by atoms with Crippen molar-refractivity contribution in [3.8, 4) is 5.88 Å². The summed E-state index contributed by atoms with van der Waals surface area (Å²) in [6.07, 6.45) is 6.48. The van der Waals surface area contributed by atoms with Gasteiger partial charge in [-0.15, -0.1) is 0 Å². The molecule has 1 aliphatic heterocycles. The van der Waals surface area contributed by atoms with Gasteiger partial charge in [0.15, 0.2) is 0 Å². The Kier molecular flexibility index (Phi) is 5.39. The van der Waals surface area contributed by atoms with Crippen molar-refractivity contribution >= 4 is 5.91 Å². The third-order valence-corrected chi connectivity index (χ3v) is 5.32. The summed E-state index contributed by atoms with van der Waals surface area (Å²) in [7, 11) is 1.65. The number of pyridine rings is 1. The molecule has 1 aromatic rings. The molecule has 0 spiro atoms. The molecule has 24 heavy (non-hydrogen) atoms. The van der Waals surface area contributed by atoms with E-state index in [2.05, 4.69) is 11.9 Å². The Hall–Kier alpha value is -1.62. The number of amides is 1. The molecule has 2 aliphatic rings. The van der Waals surface area contributed by atoms with Crippen molar-refractivity contribution in [1.82, 2.24) is 9.88 Å². The van der Waals surface area contributed by atoms with E-state index in [-0.39, 0.29) is 5.41 Å². The van der Waals surface area contributed by atoms with E-state index in [1.54, 1.807) is 7.11 Å². The van der Waals surface area contributed by atoms with E-state index in [0.717, 1.165) is 37.1 Å². The van der Waals surface area contributed by atoms with Crippen molar-refractivity contribution in [1.29, 1.82) is 0 Å². The first kappa shape index (κ1) is 17.2. The second kappa shape index (κ2) is 7.51. The number of fused-ring (bicyclic) bond motifs is 1. The van der Waals surface area contributed by atoms with E-state index in [0.29, 0.717) is 31.5 Å². The summed E-state index contributed by atoms with van der Waals surface area (Å²) in [5.74, 6) is 0.970. The molecule has 0 saturated heterocycles. The lowest BCUT2D eigenvalue weighted by Crippen LogP contribution is -2.45. The molecule has 5 nitrogen and oxygen atoms in total. The Labute approximate surface area is 144 Å². The number of methoxy groups -OCH3 is 1. The maximum atomic E-state index is 13.0. The maximum Gasteiger partial charge on any atom is 0.228 e. The van der Waals surface area contributed by atoms with E-state index >= 15 is 0 Å². The Balaban J connectivity index is 1.65. The molecule has 0 radical (unpaired) electrons. The van der Waals surface area contributed by atoms with Gasteiger partial charge in [0.05, 0.1) is 12.3 Å². The molecular formula is C19H28N2O3. The number of aromatic nitrogens is 1. The van der Waals surface area contributed by atoms with E-state index < -0.39 is 0 Å². The largest absolute Gasteiger partial charge is 0.475 e. The van der Waals surface area contributed by atoms with Crippen LogP contribution < -0.4 is 4.74 Å². The van der Waals surface area contributed by atoms with Crippen LogP contribution in [0.25, 0.3) is 0 Å². The summed E-state index contributed by atoms with van der Waals surface area (Å²) in [6, 6.07) is 3.94. The SMILES string of the molecule is COCCOc1ccc2c(n1)CCN(C(=O)C1(C)CCCCC1)C2. The van der Waals surface area contributed by atoms with Crippen LogP contribution in [0.3, 0.4) is 0 Å². The standard InChI is InChI=1S/C19H28N2O3/c1-19(9-4-3-5-10-19)18(22)21-11-8-16-15(14-21)6-7-17(20-16)24-13-12-23-2/h6-7H,3-5,8-14H2,1-2H3. The fourth-order valence-corrected chi connectivity index (χ4v) is 3.81. The average molecular weight is 332 g/mol. The second-order valence-corrected chi connectivity index (χ2v) is 7.19. The molecule has 0 aromatic carbocycles. The van der Waals surface area contributed by atoms with Gasteiger partial charge in [0, 0.05) is 38.1 Å². The second-order valence-electron chi connectivity index (χ2n) is 7.19. The minimum Gasteiger partial charge on any atom is -0.475 e. The van der Waals surface area contributed by atoms with E-state index in [1.165, 1.54) is 19.3 Å². The molecule has 0 bridgehead atoms. The minimum absolute atomic E-state index is 0.160. The van der Waals surface area contributed by atoms with E-state index in [1.807, 2.05) is 17.0 Å². The Bertz CT molecular complexity index is 582. The zero-order valence-electron chi connectivity index (χ0n) is 14.8. The Morgan fingerprint density at radius 2 is 2.04 bits per heavy atom. The van der Waals surface area contributed by atoms with Gasteiger partial charge in [-0.05, 0) is 18.4 Å². The highest BCUT2D eigenvalue weighted by Crippen LogP contribution is 2.38. The molecule has 0 atom stereocenters. The van der Waals surface area contributed by atoms with Crippen LogP contribution in [0.4, 0.5) is 0 Å². The first-order valence-corrected chi connectivity index (χ1v) is 9.02. The first-order valence-electron chi connectivity index (χ1n) is 9.02. The predicted octanol–water partition coefficient (Wildman–Crippen LogP) is 2.96. The van der Waals surface area contributed by atoms with E-state index in [4.69, 9.17) is 9.47 Å². The van der Waals surface area contributed by atoms with Crippen molar-refractivity contribution in [3.05, 3.63) is 23.4 Å².